The monoisotopic (exact) mass is 371 g/mol. The van der Waals surface area contributed by atoms with Gasteiger partial charge in [-0.15, -0.1) is 0 Å². The molecule has 3 N–H and O–H groups in total. The SMILES string of the molecule is COc1ccc(NC(C)=O)cc1NC(=O)C(C)NC(C)c1ccnc(C)n1. The van der Waals surface area contributed by atoms with Gasteiger partial charge in [-0.1, -0.05) is 0 Å². The minimum Gasteiger partial charge on any atom is -0.495 e. The van der Waals surface area contributed by atoms with E-state index in [1.54, 1.807) is 31.3 Å². The summed E-state index contributed by atoms with van der Waals surface area (Å²) in [6, 6.07) is 6.25. The predicted molar refractivity (Wildman–Crippen MR) is 104 cm³/mol. The maximum Gasteiger partial charge on any atom is 0.241 e. The van der Waals surface area contributed by atoms with E-state index in [4.69, 9.17) is 4.74 Å². The van der Waals surface area contributed by atoms with Crippen LogP contribution in [0.5, 0.6) is 5.75 Å². The summed E-state index contributed by atoms with van der Waals surface area (Å²) in [6.07, 6.45) is 1.69. The number of hydrogen-bond donors (Lipinski definition) is 3. The number of aryl methyl sites for hydroxylation is 1. The van der Waals surface area contributed by atoms with Gasteiger partial charge >= 0.3 is 0 Å². The van der Waals surface area contributed by atoms with Crippen LogP contribution in [0.3, 0.4) is 0 Å². The molecule has 0 radical (unpaired) electrons. The van der Waals surface area contributed by atoms with E-state index in [0.717, 1.165) is 5.69 Å². The fourth-order valence-corrected chi connectivity index (χ4v) is 2.58. The smallest absolute Gasteiger partial charge is 0.241 e. The van der Waals surface area contributed by atoms with E-state index in [9.17, 15) is 9.59 Å². The molecular formula is C19H25N5O3. The molecule has 1 aromatic heterocycles. The van der Waals surface area contributed by atoms with Crippen molar-refractivity contribution < 1.29 is 14.3 Å². The standard InChI is InChI=1S/C19H25N5O3/c1-11(16-8-9-20-13(3)22-16)21-12(2)19(26)24-17-10-15(23-14(4)25)6-7-18(17)27-5/h6-12,21H,1-5H3,(H,23,25)(H,24,26). The fourth-order valence-electron chi connectivity index (χ4n) is 2.58. The van der Waals surface area contributed by atoms with E-state index in [0.29, 0.717) is 22.9 Å². The lowest BCUT2D eigenvalue weighted by Crippen LogP contribution is -2.39. The normalized spacial score (nSPS) is 12.8. The molecule has 2 rings (SSSR count). The van der Waals surface area contributed by atoms with Crippen molar-refractivity contribution in [3.8, 4) is 5.75 Å². The van der Waals surface area contributed by atoms with Crippen LogP contribution in [-0.4, -0.2) is 34.9 Å². The quantitative estimate of drug-likeness (QED) is 0.690. The molecule has 0 aliphatic rings. The summed E-state index contributed by atoms with van der Waals surface area (Å²) in [6.45, 7) is 6.94. The summed E-state index contributed by atoms with van der Waals surface area (Å²) in [5.74, 6) is 0.759. The summed E-state index contributed by atoms with van der Waals surface area (Å²) in [7, 11) is 1.52. The van der Waals surface area contributed by atoms with Gasteiger partial charge in [0.2, 0.25) is 11.8 Å². The molecule has 8 nitrogen and oxygen atoms in total. The number of benzene rings is 1. The van der Waals surface area contributed by atoms with E-state index in [1.165, 1.54) is 14.0 Å². The number of methoxy groups -OCH3 is 1. The number of anilines is 2. The highest BCUT2D eigenvalue weighted by atomic mass is 16.5. The Balaban J connectivity index is 2.07. The molecule has 144 valence electrons. The molecule has 0 aliphatic heterocycles. The van der Waals surface area contributed by atoms with Crippen molar-refractivity contribution in [2.75, 3.05) is 17.7 Å². The first-order valence-corrected chi connectivity index (χ1v) is 8.62. The number of nitrogens with zero attached hydrogens (tertiary/aromatic N) is 2. The zero-order valence-corrected chi connectivity index (χ0v) is 16.2. The number of ether oxygens (including phenoxy) is 1. The number of amides is 2. The highest BCUT2D eigenvalue weighted by Gasteiger charge is 2.19. The van der Waals surface area contributed by atoms with E-state index in [-0.39, 0.29) is 17.9 Å². The first kappa shape index (κ1) is 20.3. The molecule has 2 unspecified atom stereocenters. The largest absolute Gasteiger partial charge is 0.495 e. The Kier molecular flexibility index (Phi) is 6.84. The van der Waals surface area contributed by atoms with Crippen molar-refractivity contribution in [3.63, 3.8) is 0 Å². The number of rotatable bonds is 7. The van der Waals surface area contributed by atoms with Crippen LogP contribution >= 0.6 is 0 Å². The number of carbonyl (C=O) groups excluding carboxylic acids is 2. The lowest BCUT2D eigenvalue weighted by Gasteiger charge is -2.20. The summed E-state index contributed by atoms with van der Waals surface area (Å²) in [4.78, 5) is 32.3. The minimum absolute atomic E-state index is 0.125. The molecule has 2 amide bonds. The van der Waals surface area contributed by atoms with E-state index in [1.807, 2.05) is 19.9 Å². The summed E-state index contributed by atoms with van der Waals surface area (Å²) < 4.78 is 5.28. The van der Waals surface area contributed by atoms with Crippen molar-refractivity contribution in [1.29, 1.82) is 0 Å². The van der Waals surface area contributed by atoms with Gasteiger partial charge in [0, 0.05) is 24.8 Å². The number of hydrogen-bond acceptors (Lipinski definition) is 6. The zero-order chi connectivity index (χ0) is 20.0. The first-order valence-electron chi connectivity index (χ1n) is 8.62. The van der Waals surface area contributed by atoms with Crippen LogP contribution in [0.2, 0.25) is 0 Å². The predicted octanol–water partition coefficient (Wildman–Crippen LogP) is 2.43. The van der Waals surface area contributed by atoms with Crippen molar-refractivity contribution in [2.45, 2.75) is 39.8 Å². The Morgan fingerprint density at radius 3 is 2.52 bits per heavy atom. The van der Waals surface area contributed by atoms with E-state index in [2.05, 4.69) is 25.9 Å². The topological polar surface area (TPSA) is 105 Å². The molecule has 0 saturated heterocycles. The number of nitrogens with one attached hydrogen (secondary N) is 3. The molecule has 2 atom stereocenters. The Morgan fingerprint density at radius 1 is 1.15 bits per heavy atom. The fraction of sp³-hybridized carbons (Fsp3) is 0.368. The summed E-state index contributed by atoms with van der Waals surface area (Å²) in [5.41, 5.74) is 1.87. The van der Waals surface area contributed by atoms with Gasteiger partial charge < -0.3 is 15.4 Å². The Morgan fingerprint density at radius 2 is 1.89 bits per heavy atom. The van der Waals surface area contributed by atoms with Crippen LogP contribution < -0.4 is 20.7 Å². The Hall–Kier alpha value is -3.00. The maximum atomic E-state index is 12.6. The molecule has 8 heteroatoms. The van der Waals surface area contributed by atoms with E-state index >= 15 is 0 Å². The molecule has 0 saturated carbocycles. The number of aromatic nitrogens is 2. The molecule has 27 heavy (non-hydrogen) atoms. The molecular weight excluding hydrogens is 346 g/mol. The van der Waals surface area contributed by atoms with Crippen molar-refractivity contribution in [2.24, 2.45) is 0 Å². The van der Waals surface area contributed by atoms with Gasteiger partial charge in [-0.2, -0.15) is 0 Å². The first-order chi connectivity index (χ1) is 12.8. The van der Waals surface area contributed by atoms with Crippen molar-refractivity contribution >= 4 is 23.2 Å². The van der Waals surface area contributed by atoms with Crippen LogP contribution in [-0.2, 0) is 9.59 Å². The van der Waals surface area contributed by atoms with Crippen LogP contribution in [0.25, 0.3) is 0 Å². The van der Waals surface area contributed by atoms with Gasteiger partial charge in [-0.05, 0) is 45.0 Å². The second-order valence-electron chi connectivity index (χ2n) is 6.22. The Labute approximate surface area is 158 Å². The molecule has 0 fully saturated rings. The van der Waals surface area contributed by atoms with Gasteiger partial charge in [0.15, 0.2) is 0 Å². The summed E-state index contributed by atoms with van der Waals surface area (Å²) >= 11 is 0. The maximum absolute atomic E-state index is 12.6. The highest BCUT2D eigenvalue weighted by molar-refractivity contribution is 5.97. The van der Waals surface area contributed by atoms with Crippen LogP contribution in [0.1, 0.15) is 38.3 Å². The number of carbonyl (C=O) groups is 2. The molecule has 0 aliphatic carbocycles. The molecule has 1 heterocycles. The van der Waals surface area contributed by atoms with Crippen LogP contribution in [0.4, 0.5) is 11.4 Å². The highest BCUT2D eigenvalue weighted by Crippen LogP contribution is 2.28. The van der Waals surface area contributed by atoms with Crippen molar-refractivity contribution in [3.05, 3.63) is 42.0 Å². The molecule has 0 spiro atoms. The third-order valence-corrected chi connectivity index (χ3v) is 3.91. The van der Waals surface area contributed by atoms with Gasteiger partial charge in [-0.3, -0.25) is 14.9 Å². The second-order valence-corrected chi connectivity index (χ2v) is 6.22. The minimum atomic E-state index is -0.482. The second kappa shape index (κ2) is 9.09. The van der Waals surface area contributed by atoms with Crippen LogP contribution in [0, 0.1) is 6.92 Å². The molecule has 1 aromatic carbocycles. The van der Waals surface area contributed by atoms with Crippen molar-refractivity contribution in [1.82, 2.24) is 15.3 Å². The average Bonchev–Trinajstić information content (AvgIpc) is 2.61. The van der Waals surface area contributed by atoms with E-state index < -0.39 is 6.04 Å². The van der Waals surface area contributed by atoms with Gasteiger partial charge in [0.25, 0.3) is 0 Å². The van der Waals surface area contributed by atoms with Gasteiger partial charge in [-0.25, -0.2) is 9.97 Å². The lowest BCUT2D eigenvalue weighted by molar-refractivity contribution is -0.118. The third kappa shape index (κ3) is 5.75. The van der Waals surface area contributed by atoms with Gasteiger partial charge in [0.1, 0.15) is 11.6 Å². The lowest BCUT2D eigenvalue weighted by atomic mass is 10.2. The molecule has 2 aromatic rings. The van der Waals surface area contributed by atoms with Gasteiger partial charge in [0.05, 0.1) is 24.5 Å². The van der Waals surface area contributed by atoms with Crippen LogP contribution in [0.15, 0.2) is 30.5 Å². The molecule has 0 bridgehead atoms. The average molecular weight is 371 g/mol. The summed E-state index contributed by atoms with van der Waals surface area (Å²) in [5, 5.41) is 8.73. The zero-order valence-electron chi connectivity index (χ0n) is 16.2. The Bertz CT molecular complexity index is 825. The third-order valence-electron chi connectivity index (χ3n) is 3.91.